The van der Waals surface area contributed by atoms with E-state index in [9.17, 15) is 18.4 Å². The molecule has 1 fully saturated rings. The van der Waals surface area contributed by atoms with Crippen LogP contribution in [0.1, 0.15) is 23.2 Å². The van der Waals surface area contributed by atoms with E-state index in [1.54, 1.807) is 4.68 Å². The number of halogens is 2. The van der Waals surface area contributed by atoms with Crippen LogP contribution in [0.25, 0.3) is 0 Å². The third-order valence-electron chi connectivity index (χ3n) is 3.83. The van der Waals surface area contributed by atoms with Gasteiger partial charge in [0.1, 0.15) is 5.75 Å². The molecule has 0 saturated carbocycles. The molecule has 150 valence electrons. The second-order valence-electron chi connectivity index (χ2n) is 5.85. The number of tetrazole rings is 1. The summed E-state index contributed by atoms with van der Waals surface area (Å²) in [6, 6.07) is 5.02. The monoisotopic (exact) mass is 413 g/mol. The number of carbonyl (C=O) groups excluding carboxylic acids is 2. The maximum absolute atomic E-state index is 12.1. The van der Waals surface area contributed by atoms with Crippen LogP contribution < -0.4 is 10.1 Å². The van der Waals surface area contributed by atoms with Gasteiger partial charge in [0.15, 0.2) is 0 Å². The molecule has 3 rings (SSSR count). The lowest BCUT2D eigenvalue weighted by Crippen LogP contribution is -2.32. The summed E-state index contributed by atoms with van der Waals surface area (Å²) in [6.07, 6.45) is 1.98. The summed E-state index contributed by atoms with van der Waals surface area (Å²) in [5.74, 6) is -1.32. The van der Waals surface area contributed by atoms with E-state index < -0.39 is 18.4 Å². The van der Waals surface area contributed by atoms with Crippen LogP contribution in [-0.2, 0) is 16.1 Å². The Balaban J connectivity index is 1.48. The number of nitrogens with one attached hydrogen (secondary N) is 1. The number of imide groups is 1. The number of rotatable bonds is 8. The van der Waals surface area contributed by atoms with Crippen molar-refractivity contribution >= 4 is 23.6 Å². The molecule has 1 aromatic heterocycles. The van der Waals surface area contributed by atoms with Gasteiger partial charge in [0.25, 0.3) is 5.91 Å². The number of amides is 2. The second kappa shape index (κ2) is 9.55. The quantitative estimate of drug-likeness (QED) is 0.649. The van der Waals surface area contributed by atoms with Crippen molar-refractivity contribution in [1.82, 2.24) is 25.5 Å². The number of carbonyl (C=O) groups is 2. The zero-order valence-electron chi connectivity index (χ0n) is 14.6. The average Bonchev–Trinajstić information content (AvgIpc) is 3.32. The largest absolute Gasteiger partial charge is 0.435 e. The van der Waals surface area contributed by atoms with E-state index in [4.69, 9.17) is 4.74 Å². The van der Waals surface area contributed by atoms with E-state index in [0.717, 1.165) is 31.2 Å². The molecule has 1 unspecified atom stereocenters. The number of hydrogen-bond acceptors (Lipinski definition) is 8. The minimum atomic E-state index is -2.95. The number of hydrogen-bond donors (Lipinski definition) is 1. The SMILES string of the molecule is O=C(CSc1nnnn1CC1CCCO1)NC(=O)c1ccc(OC(F)F)cc1. The van der Waals surface area contributed by atoms with Crippen molar-refractivity contribution in [3.05, 3.63) is 29.8 Å². The number of benzene rings is 1. The summed E-state index contributed by atoms with van der Waals surface area (Å²) >= 11 is 1.10. The Morgan fingerprint density at radius 2 is 2.14 bits per heavy atom. The summed E-state index contributed by atoms with van der Waals surface area (Å²) in [4.78, 5) is 24.1. The van der Waals surface area contributed by atoms with E-state index in [2.05, 4.69) is 25.6 Å². The van der Waals surface area contributed by atoms with Gasteiger partial charge in [-0.15, -0.1) is 5.10 Å². The first-order valence-corrected chi connectivity index (χ1v) is 9.39. The van der Waals surface area contributed by atoms with Gasteiger partial charge in [-0.1, -0.05) is 11.8 Å². The third-order valence-corrected chi connectivity index (χ3v) is 4.78. The summed E-state index contributed by atoms with van der Waals surface area (Å²) in [6.45, 7) is -1.73. The molecule has 0 radical (unpaired) electrons. The molecule has 2 amide bonds. The molecule has 2 aromatic rings. The lowest BCUT2D eigenvalue weighted by molar-refractivity contribution is -0.117. The molecule has 9 nitrogen and oxygen atoms in total. The smallest absolute Gasteiger partial charge is 0.387 e. The van der Waals surface area contributed by atoms with Gasteiger partial charge in [-0.2, -0.15) is 8.78 Å². The van der Waals surface area contributed by atoms with Gasteiger partial charge in [-0.25, -0.2) is 4.68 Å². The predicted octanol–water partition coefficient (Wildman–Crippen LogP) is 1.50. The standard InChI is InChI=1S/C16H17F2N5O4S/c17-15(18)27-11-5-3-10(4-6-11)14(25)19-13(24)9-28-16-20-21-22-23(16)8-12-2-1-7-26-12/h3-6,12,15H,1-2,7-9H2,(H,19,24,25). The normalized spacial score (nSPS) is 16.3. The van der Waals surface area contributed by atoms with E-state index in [0.29, 0.717) is 11.7 Å². The fourth-order valence-electron chi connectivity index (χ4n) is 2.55. The van der Waals surface area contributed by atoms with Crippen molar-refractivity contribution in [3.63, 3.8) is 0 Å². The maximum Gasteiger partial charge on any atom is 0.387 e. The number of thioether (sulfide) groups is 1. The molecule has 1 N–H and O–H groups in total. The Bertz CT molecular complexity index is 812. The Kier molecular flexibility index (Phi) is 6.87. The van der Waals surface area contributed by atoms with E-state index in [1.807, 2.05) is 0 Å². The van der Waals surface area contributed by atoms with Crippen molar-refractivity contribution in [2.24, 2.45) is 0 Å². The Labute approximate surface area is 162 Å². The van der Waals surface area contributed by atoms with Gasteiger partial charge in [-0.3, -0.25) is 14.9 Å². The van der Waals surface area contributed by atoms with Crippen LogP contribution in [0.2, 0.25) is 0 Å². The lowest BCUT2D eigenvalue weighted by atomic mass is 10.2. The maximum atomic E-state index is 12.1. The Hall–Kier alpha value is -2.60. The molecule has 2 heterocycles. The van der Waals surface area contributed by atoms with Gasteiger partial charge >= 0.3 is 6.61 Å². The van der Waals surface area contributed by atoms with Gasteiger partial charge in [-0.05, 0) is 47.5 Å². The molecule has 1 atom stereocenters. The van der Waals surface area contributed by atoms with Crippen LogP contribution in [-0.4, -0.2) is 57.1 Å². The van der Waals surface area contributed by atoms with Gasteiger partial charge in [0.2, 0.25) is 11.1 Å². The predicted molar refractivity (Wildman–Crippen MR) is 93.1 cm³/mol. The second-order valence-corrected chi connectivity index (χ2v) is 6.79. The fourth-order valence-corrected chi connectivity index (χ4v) is 3.24. The Morgan fingerprint density at radius 1 is 1.36 bits per heavy atom. The third kappa shape index (κ3) is 5.70. The van der Waals surface area contributed by atoms with Crippen LogP contribution in [0.5, 0.6) is 5.75 Å². The molecule has 1 saturated heterocycles. The molecule has 0 spiro atoms. The molecular formula is C16H17F2N5O4S. The minimum Gasteiger partial charge on any atom is -0.435 e. The highest BCUT2D eigenvalue weighted by Gasteiger charge is 2.20. The van der Waals surface area contributed by atoms with E-state index in [1.165, 1.54) is 24.3 Å². The summed E-state index contributed by atoms with van der Waals surface area (Å²) in [5, 5.41) is 14.0. The highest BCUT2D eigenvalue weighted by Crippen LogP contribution is 2.18. The van der Waals surface area contributed by atoms with Crippen LogP contribution in [0, 0.1) is 0 Å². The first kappa shape index (κ1) is 20.1. The first-order valence-electron chi connectivity index (χ1n) is 8.41. The van der Waals surface area contributed by atoms with Crippen LogP contribution in [0.15, 0.2) is 29.4 Å². The van der Waals surface area contributed by atoms with Crippen LogP contribution in [0.4, 0.5) is 8.78 Å². The number of alkyl halides is 2. The first-order chi connectivity index (χ1) is 13.5. The molecular weight excluding hydrogens is 396 g/mol. The van der Waals surface area contributed by atoms with Crippen molar-refractivity contribution in [1.29, 1.82) is 0 Å². The van der Waals surface area contributed by atoms with Crippen LogP contribution in [0.3, 0.4) is 0 Å². The molecule has 1 aliphatic heterocycles. The summed E-state index contributed by atoms with van der Waals surface area (Å²) in [7, 11) is 0. The number of aromatic nitrogens is 4. The van der Waals surface area contributed by atoms with Gasteiger partial charge in [0, 0.05) is 12.2 Å². The van der Waals surface area contributed by atoms with Crippen molar-refractivity contribution in [3.8, 4) is 5.75 Å². The number of nitrogens with zero attached hydrogens (tertiary/aromatic N) is 4. The molecule has 28 heavy (non-hydrogen) atoms. The van der Waals surface area contributed by atoms with Gasteiger partial charge in [0.05, 0.1) is 18.4 Å². The van der Waals surface area contributed by atoms with Crippen molar-refractivity contribution in [2.75, 3.05) is 12.4 Å². The fraction of sp³-hybridized carbons (Fsp3) is 0.438. The van der Waals surface area contributed by atoms with Crippen LogP contribution >= 0.6 is 11.8 Å². The summed E-state index contributed by atoms with van der Waals surface area (Å²) < 4.78 is 35.6. The lowest BCUT2D eigenvalue weighted by Gasteiger charge is -2.10. The molecule has 0 aliphatic carbocycles. The molecule has 1 aromatic carbocycles. The minimum absolute atomic E-state index is 0.0512. The Morgan fingerprint density at radius 3 is 2.82 bits per heavy atom. The molecule has 1 aliphatic rings. The van der Waals surface area contributed by atoms with E-state index in [-0.39, 0.29) is 23.2 Å². The zero-order chi connectivity index (χ0) is 19.9. The number of ether oxygens (including phenoxy) is 2. The summed E-state index contributed by atoms with van der Waals surface area (Å²) in [5.41, 5.74) is 0.142. The van der Waals surface area contributed by atoms with Crippen molar-refractivity contribution < 1.29 is 27.8 Å². The average molecular weight is 413 g/mol. The highest BCUT2D eigenvalue weighted by atomic mass is 32.2. The molecule has 12 heteroatoms. The van der Waals surface area contributed by atoms with Crippen molar-refractivity contribution in [2.45, 2.75) is 37.3 Å². The van der Waals surface area contributed by atoms with E-state index >= 15 is 0 Å². The highest BCUT2D eigenvalue weighted by molar-refractivity contribution is 7.99. The topological polar surface area (TPSA) is 108 Å². The van der Waals surface area contributed by atoms with Gasteiger partial charge < -0.3 is 9.47 Å². The zero-order valence-corrected chi connectivity index (χ0v) is 15.4. The molecule has 0 bridgehead atoms.